The molecule has 1 aliphatic rings. The predicted octanol–water partition coefficient (Wildman–Crippen LogP) is 1.84. The minimum Gasteiger partial charge on any atom is -0.469 e. The van der Waals surface area contributed by atoms with Crippen molar-refractivity contribution in [3.63, 3.8) is 0 Å². The number of hydrogen-bond acceptors (Lipinski definition) is 6. The van der Waals surface area contributed by atoms with Gasteiger partial charge in [0.2, 0.25) is 0 Å². The highest BCUT2D eigenvalue weighted by Gasteiger charge is 2.27. The number of nitrogens with zero attached hydrogens (tertiary/aromatic N) is 1. The fourth-order valence-electron chi connectivity index (χ4n) is 2.55. The Morgan fingerprint density at radius 1 is 1.38 bits per heavy atom. The fraction of sp³-hybridized carbons (Fsp3) is 0.600. The summed E-state index contributed by atoms with van der Waals surface area (Å²) in [6, 6.07) is 1.63. The van der Waals surface area contributed by atoms with Gasteiger partial charge in [-0.15, -0.1) is 0 Å². The van der Waals surface area contributed by atoms with Crippen LogP contribution in [0.15, 0.2) is 16.7 Å². The lowest BCUT2D eigenvalue weighted by atomic mass is 9.97. The Kier molecular flexibility index (Phi) is 5.38. The van der Waals surface area contributed by atoms with Gasteiger partial charge >= 0.3 is 11.9 Å². The summed E-state index contributed by atoms with van der Waals surface area (Å²) in [4.78, 5) is 25.4. The largest absolute Gasteiger partial charge is 0.469 e. The number of ether oxygens (including phenoxy) is 2. The molecular formula is C15H21NO5. The molecular weight excluding hydrogens is 274 g/mol. The van der Waals surface area contributed by atoms with Crippen molar-refractivity contribution in [1.29, 1.82) is 0 Å². The normalized spacial score (nSPS) is 16.7. The van der Waals surface area contributed by atoms with E-state index in [9.17, 15) is 9.59 Å². The van der Waals surface area contributed by atoms with Crippen LogP contribution in [0.2, 0.25) is 0 Å². The first-order valence-corrected chi connectivity index (χ1v) is 7.19. The number of carbonyl (C=O) groups excluding carboxylic acids is 2. The Morgan fingerprint density at radius 3 is 2.71 bits per heavy atom. The van der Waals surface area contributed by atoms with Crippen LogP contribution in [0, 0.1) is 5.92 Å². The van der Waals surface area contributed by atoms with Crippen LogP contribution in [0.1, 0.15) is 35.9 Å². The van der Waals surface area contributed by atoms with Gasteiger partial charge in [0, 0.05) is 0 Å². The monoisotopic (exact) mass is 295 g/mol. The summed E-state index contributed by atoms with van der Waals surface area (Å²) < 4.78 is 15.2. The fourth-order valence-corrected chi connectivity index (χ4v) is 2.55. The second-order valence-corrected chi connectivity index (χ2v) is 5.05. The first kappa shape index (κ1) is 15.6. The highest BCUT2D eigenvalue weighted by molar-refractivity contribution is 5.90. The van der Waals surface area contributed by atoms with Gasteiger partial charge in [0.1, 0.15) is 11.3 Å². The number of carbonyl (C=O) groups is 2. The van der Waals surface area contributed by atoms with Gasteiger partial charge in [-0.25, -0.2) is 4.79 Å². The molecule has 0 atom stereocenters. The van der Waals surface area contributed by atoms with Crippen molar-refractivity contribution in [2.24, 2.45) is 5.92 Å². The van der Waals surface area contributed by atoms with Crippen molar-refractivity contribution in [1.82, 2.24) is 4.90 Å². The molecule has 21 heavy (non-hydrogen) atoms. The summed E-state index contributed by atoms with van der Waals surface area (Å²) in [5.41, 5.74) is 0.479. The van der Waals surface area contributed by atoms with E-state index in [1.165, 1.54) is 13.4 Å². The van der Waals surface area contributed by atoms with Gasteiger partial charge in [0.05, 0.1) is 32.4 Å². The van der Waals surface area contributed by atoms with Crippen LogP contribution in [0.4, 0.5) is 0 Å². The molecule has 0 aromatic carbocycles. The second-order valence-electron chi connectivity index (χ2n) is 5.05. The summed E-state index contributed by atoms with van der Waals surface area (Å²) in [6.07, 6.45) is 3.03. The average Bonchev–Trinajstić information content (AvgIpc) is 2.95. The maximum Gasteiger partial charge on any atom is 0.341 e. The van der Waals surface area contributed by atoms with Gasteiger partial charge in [-0.05, 0) is 38.9 Å². The summed E-state index contributed by atoms with van der Waals surface area (Å²) in [6.45, 7) is 4.23. The van der Waals surface area contributed by atoms with E-state index in [1.807, 2.05) is 0 Å². The Hall–Kier alpha value is -1.82. The van der Waals surface area contributed by atoms with Crippen LogP contribution in [-0.4, -0.2) is 43.6 Å². The first-order valence-electron chi connectivity index (χ1n) is 7.19. The molecule has 2 heterocycles. The van der Waals surface area contributed by atoms with Gasteiger partial charge in [-0.1, -0.05) is 0 Å². The van der Waals surface area contributed by atoms with Gasteiger partial charge in [0.25, 0.3) is 0 Å². The maximum atomic E-state index is 11.8. The number of piperidine rings is 1. The van der Waals surface area contributed by atoms with Crippen LogP contribution < -0.4 is 0 Å². The van der Waals surface area contributed by atoms with Crippen LogP contribution in [0.25, 0.3) is 0 Å². The smallest absolute Gasteiger partial charge is 0.341 e. The number of esters is 2. The molecule has 1 fully saturated rings. The highest BCUT2D eigenvalue weighted by Crippen LogP contribution is 2.22. The summed E-state index contributed by atoms with van der Waals surface area (Å²) in [5, 5.41) is 0. The van der Waals surface area contributed by atoms with E-state index in [-0.39, 0.29) is 17.9 Å². The third kappa shape index (κ3) is 3.85. The predicted molar refractivity (Wildman–Crippen MR) is 74.7 cm³/mol. The molecule has 0 N–H and O–H groups in total. The third-order valence-electron chi connectivity index (χ3n) is 3.73. The molecule has 6 heteroatoms. The molecule has 0 saturated carbocycles. The van der Waals surface area contributed by atoms with Gasteiger partial charge < -0.3 is 13.9 Å². The summed E-state index contributed by atoms with van der Waals surface area (Å²) >= 11 is 0. The van der Waals surface area contributed by atoms with Crippen molar-refractivity contribution < 1.29 is 23.5 Å². The molecule has 0 radical (unpaired) electrons. The Morgan fingerprint density at radius 2 is 2.10 bits per heavy atom. The lowest BCUT2D eigenvalue weighted by Gasteiger charge is -2.29. The first-order chi connectivity index (χ1) is 10.2. The van der Waals surface area contributed by atoms with E-state index in [4.69, 9.17) is 13.9 Å². The molecule has 6 nitrogen and oxygen atoms in total. The molecule has 0 bridgehead atoms. The molecule has 1 aliphatic heterocycles. The number of hydrogen-bond donors (Lipinski definition) is 0. The van der Waals surface area contributed by atoms with E-state index in [1.54, 1.807) is 13.0 Å². The van der Waals surface area contributed by atoms with Crippen LogP contribution in [-0.2, 0) is 20.8 Å². The van der Waals surface area contributed by atoms with E-state index in [0.29, 0.717) is 24.5 Å². The average molecular weight is 295 g/mol. The molecule has 1 saturated heterocycles. The minimum absolute atomic E-state index is 0.0209. The molecule has 1 aromatic heterocycles. The summed E-state index contributed by atoms with van der Waals surface area (Å²) in [5.74, 6) is 0.0999. The van der Waals surface area contributed by atoms with Crippen molar-refractivity contribution in [2.75, 3.05) is 26.8 Å². The number of likely N-dealkylation sites (tertiary alicyclic amines) is 1. The quantitative estimate of drug-likeness (QED) is 0.772. The second kappa shape index (κ2) is 7.26. The SMILES string of the molecule is CCOC(=O)c1ccoc1CN1CCC(C(=O)OC)CC1. The molecule has 0 spiro atoms. The topological polar surface area (TPSA) is 69.0 Å². The van der Waals surface area contributed by atoms with E-state index >= 15 is 0 Å². The van der Waals surface area contributed by atoms with Crippen molar-refractivity contribution >= 4 is 11.9 Å². The third-order valence-corrected chi connectivity index (χ3v) is 3.73. The zero-order valence-corrected chi connectivity index (χ0v) is 12.5. The van der Waals surface area contributed by atoms with E-state index in [2.05, 4.69) is 4.90 Å². The van der Waals surface area contributed by atoms with Crippen LogP contribution in [0.3, 0.4) is 0 Å². The number of furan rings is 1. The lowest BCUT2D eigenvalue weighted by molar-refractivity contribution is -0.147. The standard InChI is InChI=1S/C15H21NO5/c1-3-20-15(18)12-6-9-21-13(12)10-16-7-4-11(5-8-16)14(17)19-2/h6,9,11H,3-5,7-8,10H2,1-2H3. The lowest BCUT2D eigenvalue weighted by Crippen LogP contribution is -2.36. The Labute approximate surface area is 124 Å². The zero-order valence-electron chi connectivity index (χ0n) is 12.5. The molecule has 0 aliphatic carbocycles. The molecule has 116 valence electrons. The van der Waals surface area contributed by atoms with Crippen molar-refractivity contribution in [3.05, 3.63) is 23.7 Å². The number of rotatable bonds is 5. The maximum absolute atomic E-state index is 11.8. The van der Waals surface area contributed by atoms with Gasteiger partial charge in [-0.3, -0.25) is 9.69 Å². The molecule has 2 rings (SSSR count). The Bertz CT molecular complexity index is 488. The highest BCUT2D eigenvalue weighted by atomic mass is 16.5. The molecule has 0 unspecified atom stereocenters. The molecule has 1 aromatic rings. The Balaban J connectivity index is 1.91. The van der Waals surface area contributed by atoms with Crippen LogP contribution >= 0.6 is 0 Å². The van der Waals surface area contributed by atoms with Crippen molar-refractivity contribution in [3.8, 4) is 0 Å². The minimum atomic E-state index is -0.356. The summed E-state index contributed by atoms with van der Waals surface area (Å²) in [7, 11) is 1.42. The van der Waals surface area contributed by atoms with Gasteiger partial charge in [0.15, 0.2) is 0 Å². The van der Waals surface area contributed by atoms with Crippen molar-refractivity contribution in [2.45, 2.75) is 26.3 Å². The molecule has 0 amide bonds. The van der Waals surface area contributed by atoms with E-state index in [0.717, 1.165) is 25.9 Å². The zero-order chi connectivity index (χ0) is 15.2. The van der Waals surface area contributed by atoms with Crippen LogP contribution in [0.5, 0.6) is 0 Å². The van der Waals surface area contributed by atoms with Gasteiger partial charge in [-0.2, -0.15) is 0 Å². The van der Waals surface area contributed by atoms with E-state index < -0.39 is 0 Å². The number of methoxy groups -OCH3 is 1.